The molecular weight excluding hydrogens is 248 g/mol. The number of aromatic hydroxyl groups is 1. The molecule has 0 spiro atoms. The summed E-state index contributed by atoms with van der Waals surface area (Å²) in [5.74, 6) is 1.20. The minimum absolute atomic E-state index is 0.0155. The number of benzene rings is 1. The minimum atomic E-state index is 0.0155. The summed E-state index contributed by atoms with van der Waals surface area (Å²) >= 11 is 0. The van der Waals surface area contributed by atoms with Gasteiger partial charge in [0.05, 0.1) is 24.5 Å². The van der Waals surface area contributed by atoms with Crippen molar-refractivity contribution in [3.63, 3.8) is 0 Å². The van der Waals surface area contributed by atoms with Gasteiger partial charge in [-0.05, 0) is 18.2 Å². The third kappa shape index (κ3) is 2.03. The Balaban J connectivity index is 1.99. The Hall–Kier alpha value is -2.76. The number of rotatable bonds is 3. The molecule has 2 heterocycles. The number of hydrogen-bond acceptors (Lipinski definition) is 6. The van der Waals surface area contributed by atoms with Crippen LogP contribution in [0.4, 0.5) is 0 Å². The van der Waals surface area contributed by atoms with Gasteiger partial charge in [-0.3, -0.25) is 0 Å². The van der Waals surface area contributed by atoms with E-state index in [9.17, 15) is 5.11 Å². The van der Waals surface area contributed by atoms with E-state index in [1.807, 2.05) is 0 Å². The number of furan rings is 1. The smallest absolute Gasteiger partial charge is 0.262 e. The second kappa shape index (κ2) is 4.49. The molecule has 6 nitrogen and oxygen atoms in total. The summed E-state index contributed by atoms with van der Waals surface area (Å²) in [4.78, 5) is 4.20. The van der Waals surface area contributed by atoms with Crippen LogP contribution >= 0.6 is 0 Å². The van der Waals surface area contributed by atoms with Crippen molar-refractivity contribution >= 4 is 0 Å². The zero-order valence-corrected chi connectivity index (χ0v) is 10.0. The molecule has 1 N–H and O–H groups in total. The molecule has 0 unspecified atom stereocenters. The number of aromatic nitrogens is 2. The van der Waals surface area contributed by atoms with Gasteiger partial charge in [-0.15, -0.1) is 0 Å². The molecule has 0 radical (unpaired) electrons. The quantitative estimate of drug-likeness (QED) is 0.777. The van der Waals surface area contributed by atoms with Gasteiger partial charge in [0.2, 0.25) is 5.82 Å². The van der Waals surface area contributed by atoms with Crippen molar-refractivity contribution in [2.75, 3.05) is 7.11 Å². The Kier molecular flexibility index (Phi) is 2.68. The van der Waals surface area contributed by atoms with Gasteiger partial charge >= 0.3 is 0 Å². The number of ether oxygens (including phenoxy) is 1. The summed E-state index contributed by atoms with van der Waals surface area (Å²) in [5, 5.41) is 13.7. The normalized spacial score (nSPS) is 10.6. The van der Waals surface area contributed by atoms with E-state index in [0.29, 0.717) is 22.7 Å². The maximum absolute atomic E-state index is 9.89. The van der Waals surface area contributed by atoms with Gasteiger partial charge < -0.3 is 18.8 Å². The van der Waals surface area contributed by atoms with Crippen LogP contribution in [0.2, 0.25) is 0 Å². The first kappa shape index (κ1) is 11.3. The van der Waals surface area contributed by atoms with Gasteiger partial charge in [0, 0.05) is 6.07 Å². The number of phenols is 1. The average molecular weight is 258 g/mol. The standard InChI is InChI=1S/C13H10N2O4/c1-17-9-2-3-10(11(16)6-9)13-14-12(15-19-13)8-4-5-18-7-8/h2-7,16H,1H3. The lowest BCUT2D eigenvalue weighted by atomic mass is 10.2. The third-order valence-electron chi connectivity index (χ3n) is 2.64. The fourth-order valence-electron chi connectivity index (χ4n) is 1.66. The van der Waals surface area contributed by atoms with Gasteiger partial charge in [-0.25, -0.2) is 0 Å². The summed E-state index contributed by atoms with van der Waals surface area (Å²) in [6.07, 6.45) is 3.04. The molecule has 0 atom stereocenters. The van der Waals surface area contributed by atoms with Crippen LogP contribution in [0.3, 0.4) is 0 Å². The van der Waals surface area contributed by atoms with Crippen LogP contribution in [-0.2, 0) is 0 Å². The van der Waals surface area contributed by atoms with Gasteiger partial charge in [-0.1, -0.05) is 5.16 Å². The first-order valence-corrected chi connectivity index (χ1v) is 5.51. The van der Waals surface area contributed by atoms with Gasteiger partial charge in [0.25, 0.3) is 5.89 Å². The van der Waals surface area contributed by atoms with Crippen molar-refractivity contribution in [3.05, 3.63) is 36.8 Å². The monoisotopic (exact) mass is 258 g/mol. The topological polar surface area (TPSA) is 81.5 Å². The Bertz CT molecular complexity index is 688. The summed E-state index contributed by atoms with van der Waals surface area (Å²) in [6.45, 7) is 0. The van der Waals surface area contributed by atoms with Crippen LogP contribution in [0.15, 0.2) is 45.7 Å². The summed E-state index contributed by atoms with van der Waals surface area (Å²) < 4.78 is 15.1. The highest BCUT2D eigenvalue weighted by Crippen LogP contribution is 2.32. The average Bonchev–Trinajstić information content (AvgIpc) is 3.09. The summed E-state index contributed by atoms with van der Waals surface area (Å²) in [7, 11) is 1.53. The minimum Gasteiger partial charge on any atom is -0.507 e. The Labute approximate surface area is 108 Å². The van der Waals surface area contributed by atoms with E-state index in [0.717, 1.165) is 0 Å². The maximum Gasteiger partial charge on any atom is 0.262 e. The molecule has 19 heavy (non-hydrogen) atoms. The number of methoxy groups -OCH3 is 1. The van der Waals surface area contributed by atoms with Crippen LogP contribution in [0.25, 0.3) is 22.8 Å². The van der Waals surface area contributed by atoms with E-state index in [1.54, 1.807) is 18.2 Å². The van der Waals surface area contributed by atoms with E-state index >= 15 is 0 Å². The summed E-state index contributed by atoms with van der Waals surface area (Å²) in [6, 6.07) is 6.57. The molecule has 3 rings (SSSR count). The summed E-state index contributed by atoms with van der Waals surface area (Å²) in [5.41, 5.74) is 1.16. The highest BCUT2D eigenvalue weighted by molar-refractivity contribution is 5.65. The molecule has 2 aromatic heterocycles. The molecule has 0 fully saturated rings. The molecule has 6 heteroatoms. The van der Waals surface area contributed by atoms with Gasteiger partial charge in [0.15, 0.2) is 0 Å². The lowest BCUT2D eigenvalue weighted by Crippen LogP contribution is -1.84. The van der Waals surface area contributed by atoms with E-state index < -0.39 is 0 Å². The van der Waals surface area contributed by atoms with Crippen LogP contribution in [0.1, 0.15) is 0 Å². The number of hydrogen-bond donors (Lipinski definition) is 1. The fraction of sp³-hybridized carbons (Fsp3) is 0.0769. The Morgan fingerprint density at radius 1 is 1.26 bits per heavy atom. The van der Waals surface area contributed by atoms with E-state index in [2.05, 4.69) is 10.1 Å². The fourth-order valence-corrected chi connectivity index (χ4v) is 1.66. The molecule has 0 saturated carbocycles. The van der Waals surface area contributed by atoms with Crippen molar-refractivity contribution in [2.24, 2.45) is 0 Å². The van der Waals surface area contributed by atoms with Crippen LogP contribution in [0, 0.1) is 0 Å². The van der Waals surface area contributed by atoms with Crippen molar-refractivity contribution in [2.45, 2.75) is 0 Å². The van der Waals surface area contributed by atoms with Crippen LogP contribution in [0.5, 0.6) is 11.5 Å². The van der Waals surface area contributed by atoms with Gasteiger partial charge in [0.1, 0.15) is 17.8 Å². The highest BCUT2D eigenvalue weighted by Gasteiger charge is 2.15. The predicted octanol–water partition coefficient (Wildman–Crippen LogP) is 2.71. The first-order valence-electron chi connectivity index (χ1n) is 5.51. The largest absolute Gasteiger partial charge is 0.507 e. The van der Waals surface area contributed by atoms with Gasteiger partial charge in [-0.2, -0.15) is 4.98 Å². The van der Waals surface area contributed by atoms with E-state index in [1.165, 1.54) is 25.7 Å². The lowest BCUT2D eigenvalue weighted by molar-refractivity contribution is 0.405. The van der Waals surface area contributed by atoms with Crippen molar-refractivity contribution in [3.8, 4) is 34.3 Å². The van der Waals surface area contributed by atoms with Crippen molar-refractivity contribution in [1.29, 1.82) is 0 Å². The molecule has 0 aliphatic carbocycles. The second-order valence-corrected chi connectivity index (χ2v) is 3.82. The molecule has 0 saturated heterocycles. The number of nitrogens with zero attached hydrogens (tertiary/aromatic N) is 2. The highest BCUT2D eigenvalue weighted by atomic mass is 16.5. The van der Waals surface area contributed by atoms with Crippen molar-refractivity contribution < 1.29 is 18.8 Å². The molecule has 3 aromatic rings. The predicted molar refractivity (Wildman–Crippen MR) is 65.7 cm³/mol. The second-order valence-electron chi connectivity index (χ2n) is 3.82. The lowest BCUT2D eigenvalue weighted by Gasteiger charge is -2.02. The zero-order chi connectivity index (χ0) is 13.2. The van der Waals surface area contributed by atoms with Crippen LogP contribution in [-0.4, -0.2) is 22.4 Å². The zero-order valence-electron chi connectivity index (χ0n) is 10.0. The molecule has 96 valence electrons. The SMILES string of the molecule is COc1ccc(-c2nc(-c3ccoc3)no2)c(O)c1. The molecular formula is C13H10N2O4. The first-order chi connectivity index (χ1) is 9.28. The molecule has 0 aliphatic heterocycles. The van der Waals surface area contributed by atoms with E-state index in [4.69, 9.17) is 13.7 Å². The third-order valence-corrected chi connectivity index (χ3v) is 2.64. The molecule has 0 amide bonds. The van der Waals surface area contributed by atoms with Crippen molar-refractivity contribution in [1.82, 2.24) is 10.1 Å². The molecule has 0 aliphatic rings. The maximum atomic E-state index is 9.89. The Morgan fingerprint density at radius 3 is 2.84 bits per heavy atom. The molecule has 1 aromatic carbocycles. The van der Waals surface area contributed by atoms with Crippen LogP contribution < -0.4 is 4.74 Å². The Morgan fingerprint density at radius 2 is 2.16 bits per heavy atom. The van der Waals surface area contributed by atoms with E-state index in [-0.39, 0.29) is 11.6 Å². The molecule has 0 bridgehead atoms. The number of phenolic OH excluding ortho intramolecular Hbond substituents is 1.